The molecule has 7 heteroatoms. The predicted octanol–water partition coefficient (Wildman–Crippen LogP) is 2.22. The van der Waals surface area contributed by atoms with Crippen LogP contribution >= 0.6 is 0 Å². The Morgan fingerprint density at radius 2 is 1.93 bits per heavy atom. The molecule has 3 rings (SSSR count). The Labute approximate surface area is 169 Å². The number of nitrogens with zero attached hydrogens (tertiary/aromatic N) is 4. The number of allylic oxidation sites excluding steroid dienone is 2. The second kappa shape index (κ2) is 7.80. The van der Waals surface area contributed by atoms with Gasteiger partial charge in [0, 0.05) is 24.9 Å². The fraction of sp³-hybridized carbons (Fsp3) is 0.364. The lowest BCUT2D eigenvalue weighted by atomic mass is 9.58. The molecule has 1 aliphatic carbocycles. The van der Waals surface area contributed by atoms with E-state index in [9.17, 15) is 20.6 Å². The highest BCUT2D eigenvalue weighted by atomic mass is 16.5. The zero-order chi connectivity index (χ0) is 21.2. The number of rotatable bonds is 3. The second-order valence-electron chi connectivity index (χ2n) is 7.14. The third kappa shape index (κ3) is 3.05. The van der Waals surface area contributed by atoms with E-state index in [1.807, 2.05) is 13.0 Å². The van der Waals surface area contributed by atoms with Gasteiger partial charge in [-0.25, -0.2) is 4.79 Å². The van der Waals surface area contributed by atoms with E-state index in [0.717, 1.165) is 17.7 Å². The zero-order valence-corrected chi connectivity index (χ0v) is 16.3. The highest BCUT2D eigenvalue weighted by molar-refractivity contribution is 5.89. The number of hydrogen-bond donors (Lipinski definition) is 1. The minimum Gasteiger partial charge on any atom is -0.465 e. The molecule has 1 aromatic rings. The van der Waals surface area contributed by atoms with Gasteiger partial charge in [0.05, 0.1) is 36.1 Å². The van der Waals surface area contributed by atoms with Gasteiger partial charge in [-0.3, -0.25) is 4.90 Å². The number of fused-ring (bicyclic) bond motifs is 1. The molecule has 0 bridgehead atoms. The molecule has 2 N–H and O–H groups in total. The van der Waals surface area contributed by atoms with Crippen molar-refractivity contribution in [2.24, 2.45) is 17.1 Å². The molecule has 0 saturated heterocycles. The van der Waals surface area contributed by atoms with Crippen LogP contribution in [0, 0.1) is 45.3 Å². The summed E-state index contributed by atoms with van der Waals surface area (Å²) in [5.41, 5.74) is 6.72. The van der Waals surface area contributed by atoms with Gasteiger partial charge in [-0.15, -0.1) is 0 Å². The van der Waals surface area contributed by atoms with Crippen LogP contribution in [0.3, 0.4) is 0 Å². The number of ether oxygens (including phenoxy) is 1. The summed E-state index contributed by atoms with van der Waals surface area (Å²) in [5, 5.41) is 29.8. The predicted molar refractivity (Wildman–Crippen MR) is 105 cm³/mol. The fourth-order valence-electron chi connectivity index (χ4n) is 4.32. The maximum absolute atomic E-state index is 11.8. The van der Waals surface area contributed by atoms with Gasteiger partial charge in [0.25, 0.3) is 0 Å². The summed E-state index contributed by atoms with van der Waals surface area (Å²) in [4.78, 5) is 14.0. The van der Waals surface area contributed by atoms with Crippen molar-refractivity contribution in [3.8, 4) is 18.2 Å². The summed E-state index contributed by atoms with van der Waals surface area (Å²) in [6.45, 7) is 4.14. The van der Waals surface area contributed by atoms with Crippen molar-refractivity contribution in [1.82, 2.24) is 4.90 Å². The van der Waals surface area contributed by atoms with Gasteiger partial charge in [0.2, 0.25) is 0 Å². The molecule has 0 spiro atoms. The van der Waals surface area contributed by atoms with E-state index in [1.54, 1.807) is 24.3 Å². The molecule has 1 aromatic carbocycles. The van der Waals surface area contributed by atoms with E-state index in [-0.39, 0.29) is 17.2 Å². The van der Waals surface area contributed by atoms with Crippen LogP contribution in [0.5, 0.6) is 0 Å². The molecule has 0 aromatic heterocycles. The molecule has 0 fully saturated rings. The summed E-state index contributed by atoms with van der Waals surface area (Å²) >= 11 is 0. The smallest absolute Gasteiger partial charge is 0.337 e. The van der Waals surface area contributed by atoms with Gasteiger partial charge in [-0.05, 0) is 29.8 Å². The summed E-state index contributed by atoms with van der Waals surface area (Å²) in [7, 11) is 1.31. The highest BCUT2D eigenvalue weighted by Crippen LogP contribution is 2.54. The maximum atomic E-state index is 11.8. The summed E-state index contributed by atoms with van der Waals surface area (Å²) in [6, 6.07) is 13.0. The first-order valence-corrected chi connectivity index (χ1v) is 9.31. The van der Waals surface area contributed by atoms with Crippen molar-refractivity contribution < 1.29 is 9.53 Å². The van der Waals surface area contributed by atoms with Crippen molar-refractivity contribution in [2.45, 2.75) is 12.8 Å². The van der Waals surface area contributed by atoms with Crippen molar-refractivity contribution >= 4 is 5.97 Å². The number of nitriles is 3. The Kier molecular flexibility index (Phi) is 5.41. The molecular formula is C22H21N5O2. The number of hydrogen-bond acceptors (Lipinski definition) is 7. The highest BCUT2D eigenvalue weighted by Gasteiger charge is 2.54. The Hall–Kier alpha value is -3.60. The number of likely N-dealkylation sites (N-methyl/N-ethyl adjacent to an activating group) is 1. The first kappa shape index (κ1) is 20.1. The molecule has 0 radical (unpaired) electrons. The number of carbonyl (C=O) groups excluding carboxylic acids is 1. The third-order valence-corrected chi connectivity index (χ3v) is 5.88. The average molecular weight is 387 g/mol. The van der Waals surface area contributed by atoms with Crippen LogP contribution in [-0.4, -0.2) is 37.6 Å². The SMILES string of the molecule is CCN1CC=C2C(C#N)=C(N)C(C#N)(C#N)[C@@H](c3ccc(C(=O)OC)cc3)[C@@H]2C1. The minimum absolute atomic E-state index is 0.000470. The van der Waals surface area contributed by atoms with Gasteiger partial charge < -0.3 is 10.5 Å². The van der Waals surface area contributed by atoms with Crippen LogP contribution in [0.15, 0.2) is 47.2 Å². The Bertz CT molecular complexity index is 1000. The van der Waals surface area contributed by atoms with Crippen LogP contribution < -0.4 is 5.73 Å². The number of benzene rings is 1. The molecular weight excluding hydrogens is 366 g/mol. The van der Waals surface area contributed by atoms with Gasteiger partial charge in [0.1, 0.15) is 6.07 Å². The first-order valence-electron chi connectivity index (χ1n) is 9.31. The molecule has 7 nitrogen and oxygen atoms in total. The molecule has 1 heterocycles. The number of esters is 1. The normalized spacial score (nSPS) is 23.1. The molecule has 2 aliphatic rings. The summed E-state index contributed by atoms with van der Waals surface area (Å²) in [6.07, 6.45) is 1.97. The largest absolute Gasteiger partial charge is 0.465 e. The van der Waals surface area contributed by atoms with Crippen molar-refractivity contribution in [1.29, 1.82) is 15.8 Å². The summed E-state index contributed by atoms with van der Waals surface area (Å²) in [5.74, 6) is -1.27. The van der Waals surface area contributed by atoms with E-state index in [2.05, 4.69) is 23.1 Å². The lowest BCUT2D eigenvalue weighted by Crippen LogP contribution is -2.48. The third-order valence-electron chi connectivity index (χ3n) is 5.88. The monoisotopic (exact) mass is 387 g/mol. The van der Waals surface area contributed by atoms with E-state index in [1.165, 1.54) is 7.11 Å². The number of nitrogens with two attached hydrogens (primary N) is 1. The minimum atomic E-state index is -1.67. The number of carbonyl (C=O) groups is 1. The van der Waals surface area contributed by atoms with E-state index in [0.29, 0.717) is 18.7 Å². The standard InChI is InChI=1S/C22H21N5O2/c1-3-27-9-8-16-17(10-23)20(26)22(12-24,13-25)19(18(16)11-27)14-4-6-15(7-5-14)21(28)29-2/h4-8,18-19H,3,9,11,26H2,1-2H3/t18-,19+/m1/s1. The quantitative estimate of drug-likeness (QED) is 0.788. The Morgan fingerprint density at radius 3 is 2.45 bits per heavy atom. The van der Waals surface area contributed by atoms with Crippen LogP contribution in [0.2, 0.25) is 0 Å². The van der Waals surface area contributed by atoms with Gasteiger partial charge in [-0.2, -0.15) is 15.8 Å². The van der Waals surface area contributed by atoms with E-state index in [4.69, 9.17) is 10.5 Å². The molecule has 0 unspecified atom stereocenters. The van der Waals surface area contributed by atoms with Crippen LogP contribution in [0.1, 0.15) is 28.8 Å². The van der Waals surface area contributed by atoms with Crippen LogP contribution in [-0.2, 0) is 4.74 Å². The second-order valence-corrected chi connectivity index (χ2v) is 7.14. The Morgan fingerprint density at radius 1 is 1.28 bits per heavy atom. The van der Waals surface area contributed by atoms with Gasteiger partial charge >= 0.3 is 5.97 Å². The molecule has 0 saturated carbocycles. The molecule has 2 atom stereocenters. The van der Waals surface area contributed by atoms with Crippen LogP contribution in [0.25, 0.3) is 0 Å². The van der Waals surface area contributed by atoms with Gasteiger partial charge in [-0.1, -0.05) is 25.1 Å². The average Bonchev–Trinajstić information content (AvgIpc) is 2.77. The first-order chi connectivity index (χ1) is 14.0. The maximum Gasteiger partial charge on any atom is 0.337 e. The topological polar surface area (TPSA) is 127 Å². The lowest BCUT2D eigenvalue weighted by molar-refractivity contribution is 0.0600. The lowest BCUT2D eigenvalue weighted by Gasteiger charge is -2.45. The van der Waals surface area contributed by atoms with Crippen molar-refractivity contribution in [2.75, 3.05) is 26.7 Å². The van der Waals surface area contributed by atoms with Crippen LogP contribution in [0.4, 0.5) is 0 Å². The number of methoxy groups -OCH3 is 1. The van der Waals surface area contributed by atoms with E-state index < -0.39 is 17.3 Å². The molecule has 1 aliphatic heterocycles. The molecule has 146 valence electrons. The molecule has 29 heavy (non-hydrogen) atoms. The zero-order valence-electron chi connectivity index (χ0n) is 16.3. The van der Waals surface area contributed by atoms with Gasteiger partial charge in [0.15, 0.2) is 5.41 Å². The fourth-order valence-corrected chi connectivity index (χ4v) is 4.32. The Balaban J connectivity index is 2.23. The van der Waals surface area contributed by atoms with Crippen molar-refractivity contribution in [3.05, 3.63) is 58.3 Å². The summed E-state index contributed by atoms with van der Waals surface area (Å²) < 4.78 is 4.74. The van der Waals surface area contributed by atoms with Crippen molar-refractivity contribution in [3.63, 3.8) is 0 Å². The van der Waals surface area contributed by atoms with E-state index >= 15 is 0 Å². The molecule has 0 amide bonds.